The minimum absolute atomic E-state index is 0.192. The zero-order valence-corrected chi connectivity index (χ0v) is 11.9. The molecular formula is C17H13N3O2. The standard InChI is InChI=1S/C17H13N3O2/c1-10-7-16-18-19-17(22)20(16)14-8-13(15(21)9-12(10)14)11-5-3-2-4-6-11/h2-9,21H,1H3,(H,19,22). The third-order valence-electron chi connectivity index (χ3n) is 3.91. The van der Waals surface area contributed by atoms with Crippen LogP contribution in [-0.2, 0) is 0 Å². The minimum Gasteiger partial charge on any atom is -0.507 e. The summed E-state index contributed by atoms with van der Waals surface area (Å²) in [6.07, 6.45) is 0. The largest absolute Gasteiger partial charge is 0.507 e. The Balaban J connectivity index is 2.18. The highest BCUT2D eigenvalue weighted by atomic mass is 16.3. The maximum atomic E-state index is 12.0. The predicted octanol–water partition coefficient (Wildman–Crippen LogP) is 2.86. The van der Waals surface area contributed by atoms with Crippen molar-refractivity contribution in [1.82, 2.24) is 14.6 Å². The summed E-state index contributed by atoms with van der Waals surface area (Å²) in [5, 5.41) is 17.7. The van der Waals surface area contributed by atoms with E-state index in [1.54, 1.807) is 6.07 Å². The van der Waals surface area contributed by atoms with Gasteiger partial charge in [0.1, 0.15) is 5.75 Å². The van der Waals surface area contributed by atoms with Crippen LogP contribution in [0, 0.1) is 6.92 Å². The lowest BCUT2D eigenvalue weighted by atomic mass is 10.0. The van der Waals surface area contributed by atoms with Gasteiger partial charge in [0.05, 0.1) is 5.52 Å². The molecule has 0 atom stereocenters. The molecule has 5 heteroatoms. The molecule has 2 N–H and O–H groups in total. The van der Waals surface area contributed by atoms with Crippen molar-refractivity contribution >= 4 is 16.6 Å². The first-order chi connectivity index (χ1) is 10.6. The molecule has 0 saturated heterocycles. The zero-order valence-electron chi connectivity index (χ0n) is 11.9. The van der Waals surface area contributed by atoms with Gasteiger partial charge in [0.25, 0.3) is 0 Å². The van der Waals surface area contributed by atoms with Crippen LogP contribution in [0.4, 0.5) is 0 Å². The minimum atomic E-state index is -0.287. The second-order valence-corrected chi connectivity index (χ2v) is 5.30. The smallest absolute Gasteiger partial charge is 0.348 e. The number of nitrogens with one attached hydrogen (secondary N) is 1. The topological polar surface area (TPSA) is 70.4 Å². The van der Waals surface area contributed by atoms with E-state index in [9.17, 15) is 9.90 Å². The number of hydrogen-bond donors (Lipinski definition) is 2. The molecule has 0 aliphatic rings. The number of H-pyrrole nitrogens is 1. The third kappa shape index (κ3) is 1.72. The molecule has 0 bridgehead atoms. The number of pyridine rings is 1. The van der Waals surface area contributed by atoms with E-state index in [1.165, 1.54) is 4.40 Å². The molecule has 0 spiro atoms. The summed E-state index contributed by atoms with van der Waals surface area (Å²) in [5.74, 6) is 0.192. The SMILES string of the molecule is Cc1cc2n[nH]c(=O)n2c2cc(-c3ccccc3)c(O)cc12. The first-order valence-electron chi connectivity index (χ1n) is 6.94. The van der Waals surface area contributed by atoms with Crippen LogP contribution < -0.4 is 5.69 Å². The van der Waals surface area contributed by atoms with Gasteiger partial charge in [-0.2, -0.15) is 5.10 Å². The van der Waals surface area contributed by atoms with Gasteiger partial charge in [0, 0.05) is 10.9 Å². The van der Waals surface area contributed by atoms with E-state index in [1.807, 2.05) is 49.4 Å². The third-order valence-corrected chi connectivity index (χ3v) is 3.91. The highest BCUT2D eigenvalue weighted by molar-refractivity contribution is 5.92. The van der Waals surface area contributed by atoms with Crippen LogP contribution in [-0.4, -0.2) is 19.7 Å². The monoisotopic (exact) mass is 291 g/mol. The number of rotatable bonds is 1. The fraction of sp³-hybridized carbons (Fsp3) is 0.0588. The van der Waals surface area contributed by atoms with Crippen LogP contribution in [0.3, 0.4) is 0 Å². The summed E-state index contributed by atoms with van der Waals surface area (Å²) in [5.41, 5.74) is 3.55. The molecule has 4 rings (SSSR count). The number of aromatic nitrogens is 3. The molecule has 0 amide bonds. The van der Waals surface area contributed by atoms with Gasteiger partial charge in [0.2, 0.25) is 0 Å². The number of phenols is 1. The number of fused-ring (bicyclic) bond motifs is 3. The average Bonchev–Trinajstić information content (AvgIpc) is 2.89. The van der Waals surface area contributed by atoms with E-state index < -0.39 is 0 Å². The Hall–Kier alpha value is -3.08. The zero-order chi connectivity index (χ0) is 15.3. The second-order valence-electron chi connectivity index (χ2n) is 5.30. The van der Waals surface area contributed by atoms with Gasteiger partial charge >= 0.3 is 5.69 Å². The van der Waals surface area contributed by atoms with E-state index in [0.29, 0.717) is 11.2 Å². The summed E-state index contributed by atoms with van der Waals surface area (Å²) < 4.78 is 1.52. The quantitative estimate of drug-likeness (QED) is 0.566. The van der Waals surface area contributed by atoms with E-state index in [2.05, 4.69) is 10.2 Å². The van der Waals surface area contributed by atoms with Crippen LogP contribution >= 0.6 is 0 Å². The van der Waals surface area contributed by atoms with Gasteiger partial charge in [0.15, 0.2) is 5.65 Å². The van der Waals surface area contributed by atoms with Gasteiger partial charge in [-0.1, -0.05) is 30.3 Å². The van der Waals surface area contributed by atoms with Crippen molar-refractivity contribution in [3.05, 3.63) is 64.6 Å². The second kappa shape index (κ2) is 4.46. The lowest BCUT2D eigenvalue weighted by Gasteiger charge is -2.10. The maximum Gasteiger partial charge on any atom is 0.348 e. The number of benzene rings is 2. The predicted molar refractivity (Wildman–Crippen MR) is 85.2 cm³/mol. The molecule has 108 valence electrons. The summed E-state index contributed by atoms with van der Waals surface area (Å²) >= 11 is 0. The van der Waals surface area contributed by atoms with E-state index >= 15 is 0 Å². The van der Waals surface area contributed by atoms with Crippen LogP contribution in [0.5, 0.6) is 5.75 Å². The molecule has 0 unspecified atom stereocenters. The van der Waals surface area contributed by atoms with Gasteiger partial charge in [-0.3, -0.25) is 0 Å². The number of aromatic amines is 1. The summed E-state index contributed by atoms with van der Waals surface area (Å²) in [6.45, 7) is 1.93. The van der Waals surface area contributed by atoms with Crippen molar-refractivity contribution < 1.29 is 5.11 Å². The molecular weight excluding hydrogens is 278 g/mol. The van der Waals surface area contributed by atoms with Crippen molar-refractivity contribution in [2.24, 2.45) is 0 Å². The van der Waals surface area contributed by atoms with Crippen molar-refractivity contribution in [2.45, 2.75) is 6.92 Å². The molecule has 4 aromatic rings. The van der Waals surface area contributed by atoms with Gasteiger partial charge in [-0.05, 0) is 36.2 Å². The lowest BCUT2D eigenvalue weighted by molar-refractivity contribution is 0.478. The summed E-state index contributed by atoms with van der Waals surface area (Å²) in [4.78, 5) is 12.0. The molecule has 0 aliphatic heterocycles. The van der Waals surface area contributed by atoms with Gasteiger partial charge in [-0.25, -0.2) is 14.3 Å². The fourth-order valence-corrected chi connectivity index (χ4v) is 2.84. The van der Waals surface area contributed by atoms with Gasteiger partial charge in [-0.15, -0.1) is 0 Å². The highest BCUT2D eigenvalue weighted by Crippen LogP contribution is 2.34. The molecule has 0 aliphatic carbocycles. The Morgan fingerprint density at radius 3 is 2.68 bits per heavy atom. The van der Waals surface area contributed by atoms with Crippen molar-refractivity contribution in [1.29, 1.82) is 0 Å². The molecule has 5 nitrogen and oxygen atoms in total. The molecule has 0 fully saturated rings. The Morgan fingerprint density at radius 1 is 1.14 bits per heavy atom. The Kier molecular flexibility index (Phi) is 2.56. The number of hydrogen-bond acceptors (Lipinski definition) is 3. The normalized spacial score (nSPS) is 11.3. The van der Waals surface area contributed by atoms with E-state index in [-0.39, 0.29) is 11.4 Å². The highest BCUT2D eigenvalue weighted by Gasteiger charge is 2.12. The summed E-state index contributed by atoms with van der Waals surface area (Å²) in [6, 6.07) is 14.9. The van der Waals surface area contributed by atoms with E-state index in [0.717, 1.165) is 22.0 Å². The van der Waals surface area contributed by atoms with Crippen LogP contribution in [0.25, 0.3) is 27.7 Å². The summed E-state index contributed by atoms with van der Waals surface area (Å²) in [7, 11) is 0. The number of nitrogens with zero attached hydrogens (tertiary/aromatic N) is 2. The molecule has 0 saturated carbocycles. The van der Waals surface area contributed by atoms with Crippen molar-refractivity contribution in [3.63, 3.8) is 0 Å². The Morgan fingerprint density at radius 2 is 1.91 bits per heavy atom. The molecule has 2 aromatic heterocycles. The Labute approximate surface area is 125 Å². The van der Waals surface area contributed by atoms with Crippen LogP contribution in [0.15, 0.2) is 53.3 Å². The number of aromatic hydroxyl groups is 1. The average molecular weight is 291 g/mol. The number of phenolic OH excluding ortho intramolecular Hbond substituents is 1. The van der Waals surface area contributed by atoms with Crippen LogP contribution in [0.2, 0.25) is 0 Å². The Bertz CT molecular complexity index is 1060. The number of aryl methyl sites for hydroxylation is 1. The molecule has 0 radical (unpaired) electrons. The molecule has 2 aromatic carbocycles. The maximum absolute atomic E-state index is 12.0. The molecule has 2 heterocycles. The van der Waals surface area contributed by atoms with Crippen LogP contribution in [0.1, 0.15) is 5.56 Å². The first kappa shape index (κ1) is 12.6. The fourth-order valence-electron chi connectivity index (χ4n) is 2.84. The van der Waals surface area contributed by atoms with Crippen molar-refractivity contribution in [3.8, 4) is 16.9 Å². The van der Waals surface area contributed by atoms with E-state index in [4.69, 9.17) is 0 Å². The van der Waals surface area contributed by atoms with Gasteiger partial charge < -0.3 is 5.11 Å². The first-order valence-corrected chi connectivity index (χ1v) is 6.94. The lowest BCUT2D eigenvalue weighted by Crippen LogP contribution is -2.10. The molecule has 22 heavy (non-hydrogen) atoms. The van der Waals surface area contributed by atoms with Crippen molar-refractivity contribution in [2.75, 3.05) is 0 Å².